The number of aromatic nitrogens is 2. The van der Waals surface area contributed by atoms with Gasteiger partial charge in [0.1, 0.15) is 0 Å². The summed E-state index contributed by atoms with van der Waals surface area (Å²) in [7, 11) is -0.360. The molecule has 2 aliphatic rings. The van der Waals surface area contributed by atoms with E-state index in [0.29, 0.717) is 27.5 Å². The molecule has 2 aromatic rings. The van der Waals surface area contributed by atoms with E-state index in [-0.39, 0.29) is 16.6 Å². The molecule has 0 bridgehead atoms. The molecule has 1 unspecified atom stereocenters. The summed E-state index contributed by atoms with van der Waals surface area (Å²) >= 11 is 3.34. The number of halogens is 1. The predicted molar refractivity (Wildman–Crippen MR) is 99.1 cm³/mol. The van der Waals surface area contributed by atoms with Crippen molar-refractivity contribution in [1.82, 2.24) is 19.2 Å². The topological polar surface area (TPSA) is 85.1 Å². The van der Waals surface area contributed by atoms with Crippen molar-refractivity contribution in [3.05, 3.63) is 27.1 Å². The van der Waals surface area contributed by atoms with Crippen LogP contribution < -0.4 is 15.7 Å². The first kappa shape index (κ1) is 17.3. The van der Waals surface area contributed by atoms with E-state index in [9.17, 15) is 13.2 Å². The zero-order valence-corrected chi connectivity index (χ0v) is 16.6. The molecule has 1 aliphatic carbocycles. The second-order valence-corrected chi connectivity index (χ2v) is 9.90. The minimum absolute atomic E-state index is 0.153. The fourth-order valence-corrected chi connectivity index (χ4v) is 5.85. The Morgan fingerprint density at radius 1 is 1.28 bits per heavy atom. The van der Waals surface area contributed by atoms with Crippen LogP contribution >= 0.6 is 15.9 Å². The lowest BCUT2D eigenvalue weighted by Crippen LogP contribution is -2.37. The highest BCUT2D eigenvalue weighted by Gasteiger charge is 2.48. The van der Waals surface area contributed by atoms with Gasteiger partial charge in [0, 0.05) is 37.7 Å². The third kappa shape index (κ3) is 2.87. The lowest BCUT2D eigenvalue weighted by atomic mass is 10.0. The molecular weight excluding hydrogens is 408 g/mol. The van der Waals surface area contributed by atoms with E-state index in [1.165, 1.54) is 22.0 Å². The van der Waals surface area contributed by atoms with E-state index in [4.69, 9.17) is 0 Å². The minimum atomic E-state index is -3.67. The number of fused-ring (bicyclic) bond motifs is 1. The molecule has 1 saturated heterocycles. The number of imidazole rings is 1. The Morgan fingerprint density at radius 3 is 2.52 bits per heavy atom. The quantitative estimate of drug-likeness (QED) is 0.762. The number of sulfonamides is 1. The average molecular weight is 429 g/mol. The van der Waals surface area contributed by atoms with Crippen molar-refractivity contribution in [3.63, 3.8) is 0 Å². The average Bonchev–Trinajstić information content (AvgIpc) is 3.15. The molecule has 1 aromatic heterocycles. The van der Waals surface area contributed by atoms with Crippen molar-refractivity contribution in [3.8, 4) is 0 Å². The standard InChI is InChI=1S/C16H21BrN4O3S/c1-20-12-5-11(17)14(6-13(12)21(2)15(20)22)25(23,24)19-8-10-7-16(3-4-16)9-18-10/h5-6,10,18-19H,3-4,7-9H2,1-2H3. The fourth-order valence-electron chi connectivity index (χ4n) is 3.72. The zero-order chi connectivity index (χ0) is 18.0. The number of rotatable bonds is 4. The summed E-state index contributed by atoms with van der Waals surface area (Å²) in [6.45, 7) is 1.36. The Balaban J connectivity index is 1.62. The molecule has 2 fully saturated rings. The third-order valence-electron chi connectivity index (χ3n) is 5.54. The number of hydrogen-bond donors (Lipinski definition) is 2. The van der Waals surface area contributed by atoms with E-state index < -0.39 is 10.0 Å². The molecule has 136 valence electrons. The van der Waals surface area contributed by atoms with Crippen LogP contribution in [0.1, 0.15) is 19.3 Å². The van der Waals surface area contributed by atoms with Crippen molar-refractivity contribution in [2.45, 2.75) is 30.2 Å². The molecule has 1 spiro atoms. The third-order valence-corrected chi connectivity index (χ3v) is 7.92. The highest BCUT2D eigenvalue weighted by atomic mass is 79.9. The Hall–Kier alpha value is -1.16. The van der Waals surface area contributed by atoms with Gasteiger partial charge < -0.3 is 5.32 Å². The van der Waals surface area contributed by atoms with Crippen molar-refractivity contribution < 1.29 is 8.42 Å². The second-order valence-electron chi connectivity index (χ2n) is 7.31. The monoisotopic (exact) mass is 428 g/mol. The number of aryl methyl sites for hydroxylation is 2. The van der Waals surface area contributed by atoms with Gasteiger partial charge in [0.05, 0.1) is 15.9 Å². The van der Waals surface area contributed by atoms with Crippen LogP contribution in [0.25, 0.3) is 11.0 Å². The lowest BCUT2D eigenvalue weighted by molar-refractivity contribution is 0.526. The number of nitrogens with one attached hydrogen (secondary N) is 2. The van der Waals surface area contributed by atoms with Gasteiger partial charge in [0.15, 0.2) is 0 Å². The zero-order valence-electron chi connectivity index (χ0n) is 14.2. The van der Waals surface area contributed by atoms with Gasteiger partial charge in [-0.25, -0.2) is 17.9 Å². The largest absolute Gasteiger partial charge is 0.328 e. The summed E-state index contributed by atoms with van der Waals surface area (Å²) in [5.74, 6) is 0. The summed E-state index contributed by atoms with van der Waals surface area (Å²) in [6.07, 6.45) is 3.52. The number of nitrogens with zero attached hydrogens (tertiary/aromatic N) is 2. The summed E-state index contributed by atoms with van der Waals surface area (Å²) in [5, 5.41) is 3.41. The molecule has 1 saturated carbocycles. The van der Waals surface area contributed by atoms with Gasteiger partial charge in [-0.3, -0.25) is 9.13 Å². The van der Waals surface area contributed by atoms with Crippen molar-refractivity contribution in [2.24, 2.45) is 19.5 Å². The van der Waals surface area contributed by atoms with Gasteiger partial charge >= 0.3 is 5.69 Å². The Bertz CT molecular complexity index is 1020. The first-order valence-electron chi connectivity index (χ1n) is 8.30. The highest BCUT2D eigenvalue weighted by Crippen LogP contribution is 2.51. The van der Waals surface area contributed by atoms with Gasteiger partial charge in [-0.1, -0.05) is 0 Å². The first-order chi connectivity index (χ1) is 11.7. The molecule has 1 atom stereocenters. The lowest BCUT2D eigenvalue weighted by Gasteiger charge is -2.13. The van der Waals surface area contributed by atoms with Crippen LogP contribution in [0, 0.1) is 5.41 Å². The molecule has 1 aromatic carbocycles. The maximum absolute atomic E-state index is 12.8. The second kappa shape index (κ2) is 5.67. The highest BCUT2D eigenvalue weighted by molar-refractivity contribution is 9.10. The number of benzene rings is 1. The van der Waals surface area contributed by atoms with Gasteiger partial charge in [-0.2, -0.15) is 0 Å². The molecule has 9 heteroatoms. The van der Waals surface area contributed by atoms with Crippen molar-refractivity contribution in [1.29, 1.82) is 0 Å². The summed E-state index contributed by atoms with van der Waals surface area (Å²) in [6, 6.07) is 3.41. The summed E-state index contributed by atoms with van der Waals surface area (Å²) in [4.78, 5) is 12.2. The van der Waals surface area contributed by atoms with Gasteiger partial charge in [-0.15, -0.1) is 0 Å². The van der Waals surface area contributed by atoms with Crippen molar-refractivity contribution in [2.75, 3.05) is 13.1 Å². The van der Waals surface area contributed by atoms with Crippen LogP contribution in [0.3, 0.4) is 0 Å². The molecular formula is C16H21BrN4O3S. The molecule has 7 nitrogen and oxygen atoms in total. The van der Waals surface area contributed by atoms with Crippen molar-refractivity contribution >= 4 is 37.0 Å². The van der Waals surface area contributed by atoms with Gasteiger partial charge in [0.2, 0.25) is 10.0 Å². The Morgan fingerprint density at radius 2 is 1.92 bits per heavy atom. The fraction of sp³-hybridized carbons (Fsp3) is 0.562. The molecule has 1 aliphatic heterocycles. The molecule has 4 rings (SSSR count). The Kier molecular flexibility index (Phi) is 3.91. The normalized spacial score (nSPS) is 22.1. The molecule has 2 heterocycles. The van der Waals surface area contributed by atoms with Gasteiger partial charge in [-0.05, 0) is 52.7 Å². The number of hydrogen-bond acceptors (Lipinski definition) is 4. The summed E-state index contributed by atoms with van der Waals surface area (Å²) < 4.78 is 31.7. The SMILES string of the molecule is Cn1c(=O)n(C)c2cc(S(=O)(=O)NCC3CC4(CC4)CN3)c(Br)cc21. The van der Waals surface area contributed by atoms with Gasteiger partial charge in [0.25, 0.3) is 0 Å². The molecule has 0 amide bonds. The van der Waals surface area contributed by atoms with E-state index in [0.717, 1.165) is 13.0 Å². The summed E-state index contributed by atoms with van der Waals surface area (Å²) in [5.41, 5.74) is 1.52. The molecule has 0 radical (unpaired) electrons. The first-order valence-corrected chi connectivity index (χ1v) is 10.6. The van der Waals surface area contributed by atoms with Crippen LogP contribution in [0.2, 0.25) is 0 Å². The van der Waals surface area contributed by atoms with Crippen LogP contribution in [0.15, 0.2) is 26.3 Å². The maximum Gasteiger partial charge on any atom is 0.328 e. The van der Waals surface area contributed by atoms with Crippen LogP contribution in [-0.4, -0.2) is 36.7 Å². The predicted octanol–water partition coefficient (Wildman–Crippen LogP) is 1.06. The Labute approximate surface area is 154 Å². The van der Waals surface area contributed by atoms with Crippen LogP contribution in [0.4, 0.5) is 0 Å². The van der Waals surface area contributed by atoms with E-state index in [1.807, 2.05) is 0 Å². The van der Waals surface area contributed by atoms with E-state index in [2.05, 4.69) is 26.0 Å². The van der Waals surface area contributed by atoms with E-state index in [1.54, 1.807) is 26.2 Å². The minimum Gasteiger partial charge on any atom is -0.312 e. The molecule has 2 N–H and O–H groups in total. The van der Waals surface area contributed by atoms with Crippen LogP contribution in [0.5, 0.6) is 0 Å². The molecule has 25 heavy (non-hydrogen) atoms. The maximum atomic E-state index is 12.8. The van der Waals surface area contributed by atoms with E-state index >= 15 is 0 Å². The smallest absolute Gasteiger partial charge is 0.312 e. The van der Waals surface area contributed by atoms with Crippen LogP contribution in [-0.2, 0) is 24.1 Å².